The lowest BCUT2D eigenvalue weighted by atomic mass is 9.61. The summed E-state index contributed by atoms with van der Waals surface area (Å²) in [5.41, 5.74) is 1.68. The summed E-state index contributed by atoms with van der Waals surface area (Å²) in [6.45, 7) is 8.86. The molecule has 0 aliphatic heterocycles. The van der Waals surface area contributed by atoms with Gasteiger partial charge in [-0.25, -0.2) is 0 Å². The fourth-order valence-corrected chi connectivity index (χ4v) is 5.75. The van der Waals surface area contributed by atoms with Crippen LogP contribution < -0.4 is 0 Å². The predicted molar refractivity (Wildman–Crippen MR) is 94.5 cm³/mol. The predicted octanol–water partition coefficient (Wildman–Crippen LogP) is 6.06. The molecule has 0 radical (unpaired) electrons. The molecule has 0 unspecified atom stereocenters. The van der Waals surface area contributed by atoms with Crippen molar-refractivity contribution in [2.45, 2.75) is 84.7 Å². The van der Waals surface area contributed by atoms with Crippen LogP contribution in [-0.4, -0.2) is 10.7 Å². The van der Waals surface area contributed by atoms with Gasteiger partial charge in [-0.3, -0.25) is 0 Å². The molecule has 122 valence electrons. The van der Waals surface area contributed by atoms with Crippen LogP contribution >= 0.6 is 15.9 Å². The molecule has 2 heteroatoms. The van der Waals surface area contributed by atoms with E-state index in [0.29, 0.717) is 5.41 Å². The van der Waals surface area contributed by atoms with Gasteiger partial charge in [0, 0.05) is 0 Å². The Bertz CT molecular complexity index is 382. The number of hydrogen-bond donors (Lipinski definition) is 1. The molecule has 1 nitrogen and oxygen atoms in total. The first kappa shape index (κ1) is 17.5. The first-order valence-electron chi connectivity index (χ1n) is 8.79. The van der Waals surface area contributed by atoms with Crippen molar-refractivity contribution in [1.82, 2.24) is 0 Å². The Balaban J connectivity index is 1.97. The van der Waals surface area contributed by atoms with Gasteiger partial charge >= 0.3 is 0 Å². The molecular formula is C19H33BrO. The van der Waals surface area contributed by atoms with E-state index in [2.05, 4.69) is 34.8 Å². The van der Waals surface area contributed by atoms with E-state index >= 15 is 0 Å². The second kappa shape index (κ2) is 6.74. The van der Waals surface area contributed by atoms with Crippen molar-refractivity contribution in [2.75, 3.05) is 0 Å². The standard InChI is InChI=1S/C19H33BrO/c1-14(7-5-11-18(2,3)21)16-9-10-17-15(13-20)8-6-12-19(16,17)4/h13-14,16-17,21H,5-12H2,1-4H3/b15-13+/t14-,16-,17+,19-/m1/s1. The van der Waals surface area contributed by atoms with Crippen molar-refractivity contribution in [1.29, 1.82) is 0 Å². The third kappa shape index (κ3) is 3.93. The molecule has 0 heterocycles. The van der Waals surface area contributed by atoms with Gasteiger partial charge in [0.1, 0.15) is 0 Å². The normalized spacial score (nSPS) is 36.8. The summed E-state index contributed by atoms with van der Waals surface area (Å²) in [6.07, 6.45) is 10.2. The zero-order valence-corrected chi connectivity index (χ0v) is 15.9. The number of aliphatic hydroxyl groups is 1. The van der Waals surface area contributed by atoms with Gasteiger partial charge in [-0.15, -0.1) is 0 Å². The lowest BCUT2D eigenvalue weighted by Gasteiger charge is -2.44. The maximum absolute atomic E-state index is 9.89. The zero-order chi connectivity index (χ0) is 15.7. The summed E-state index contributed by atoms with van der Waals surface area (Å²) < 4.78 is 0. The van der Waals surface area contributed by atoms with Crippen LogP contribution in [0.15, 0.2) is 10.6 Å². The second-order valence-corrected chi connectivity index (χ2v) is 8.92. The Morgan fingerprint density at radius 3 is 2.76 bits per heavy atom. The number of allylic oxidation sites excluding steroid dienone is 1. The van der Waals surface area contributed by atoms with Gasteiger partial charge in [0.25, 0.3) is 0 Å². The SMILES string of the molecule is C[C@H](CCCC(C)(C)O)[C@H]1CC[C@H]2/C(=C/Br)CCC[C@]12C. The van der Waals surface area contributed by atoms with E-state index in [1.165, 1.54) is 38.5 Å². The van der Waals surface area contributed by atoms with Crippen molar-refractivity contribution >= 4 is 15.9 Å². The molecule has 0 amide bonds. The average Bonchev–Trinajstić information content (AvgIpc) is 2.73. The summed E-state index contributed by atoms with van der Waals surface area (Å²) in [4.78, 5) is 2.22. The molecule has 1 N–H and O–H groups in total. The van der Waals surface area contributed by atoms with Crippen molar-refractivity contribution in [2.24, 2.45) is 23.2 Å². The monoisotopic (exact) mass is 356 g/mol. The van der Waals surface area contributed by atoms with Crippen LogP contribution in [0.2, 0.25) is 0 Å². The topological polar surface area (TPSA) is 20.2 Å². The quantitative estimate of drug-likeness (QED) is 0.634. The van der Waals surface area contributed by atoms with Gasteiger partial charge < -0.3 is 5.11 Å². The van der Waals surface area contributed by atoms with Crippen LogP contribution in [-0.2, 0) is 0 Å². The second-order valence-electron chi connectivity index (χ2n) is 8.46. The molecule has 2 rings (SSSR count). The van der Waals surface area contributed by atoms with Crippen LogP contribution in [0.3, 0.4) is 0 Å². The minimum Gasteiger partial charge on any atom is -0.390 e. The molecule has 0 aromatic heterocycles. The molecule has 0 bridgehead atoms. The summed E-state index contributed by atoms with van der Waals surface area (Å²) >= 11 is 3.60. The Labute approximate surface area is 139 Å². The van der Waals surface area contributed by atoms with Gasteiger partial charge in [0.15, 0.2) is 0 Å². The fraction of sp³-hybridized carbons (Fsp3) is 0.895. The van der Waals surface area contributed by atoms with Gasteiger partial charge in [0.2, 0.25) is 0 Å². The minimum atomic E-state index is -0.501. The van der Waals surface area contributed by atoms with Crippen LogP contribution in [0.4, 0.5) is 0 Å². The smallest absolute Gasteiger partial charge is 0.0591 e. The van der Waals surface area contributed by atoms with Crippen LogP contribution in [0.1, 0.15) is 79.1 Å². The highest BCUT2D eigenvalue weighted by atomic mass is 79.9. The zero-order valence-electron chi connectivity index (χ0n) is 14.3. The van der Waals surface area contributed by atoms with Gasteiger partial charge in [-0.05, 0) is 80.5 Å². The number of fused-ring (bicyclic) bond motifs is 1. The third-order valence-corrected chi connectivity index (χ3v) is 6.90. The molecular weight excluding hydrogens is 324 g/mol. The van der Waals surface area contributed by atoms with E-state index in [-0.39, 0.29) is 0 Å². The largest absolute Gasteiger partial charge is 0.390 e. The van der Waals surface area contributed by atoms with Gasteiger partial charge in [-0.1, -0.05) is 48.2 Å². The Kier molecular flexibility index (Phi) is 5.63. The number of hydrogen-bond acceptors (Lipinski definition) is 1. The molecule has 21 heavy (non-hydrogen) atoms. The highest BCUT2D eigenvalue weighted by Crippen LogP contribution is 2.59. The Hall–Kier alpha value is 0.180. The van der Waals surface area contributed by atoms with Crippen molar-refractivity contribution in [3.05, 3.63) is 10.6 Å². The summed E-state index contributed by atoms with van der Waals surface area (Å²) in [7, 11) is 0. The van der Waals surface area contributed by atoms with E-state index in [9.17, 15) is 5.11 Å². The highest BCUT2D eigenvalue weighted by Gasteiger charge is 2.50. The first-order valence-corrected chi connectivity index (χ1v) is 9.71. The lowest BCUT2D eigenvalue weighted by Crippen LogP contribution is -2.36. The van der Waals surface area contributed by atoms with Gasteiger partial charge in [-0.2, -0.15) is 0 Å². The molecule has 0 saturated heterocycles. The van der Waals surface area contributed by atoms with Crippen molar-refractivity contribution in [3.63, 3.8) is 0 Å². The van der Waals surface area contributed by atoms with E-state index in [4.69, 9.17) is 0 Å². The Morgan fingerprint density at radius 2 is 2.14 bits per heavy atom. The number of halogens is 1. The maximum atomic E-state index is 9.89. The fourth-order valence-electron chi connectivity index (χ4n) is 5.20. The maximum Gasteiger partial charge on any atom is 0.0591 e. The van der Waals surface area contributed by atoms with Crippen LogP contribution in [0.25, 0.3) is 0 Å². The summed E-state index contributed by atoms with van der Waals surface area (Å²) in [5, 5.41) is 9.89. The van der Waals surface area contributed by atoms with Crippen LogP contribution in [0, 0.1) is 23.2 Å². The molecule has 0 spiro atoms. The molecule has 4 atom stereocenters. The van der Waals surface area contributed by atoms with E-state index in [0.717, 1.165) is 30.6 Å². The minimum absolute atomic E-state index is 0.501. The third-order valence-electron chi connectivity index (χ3n) is 6.31. The van der Waals surface area contributed by atoms with E-state index < -0.39 is 5.60 Å². The molecule has 2 saturated carbocycles. The average molecular weight is 357 g/mol. The van der Waals surface area contributed by atoms with Gasteiger partial charge in [0.05, 0.1) is 5.60 Å². The lowest BCUT2D eigenvalue weighted by molar-refractivity contribution is 0.0597. The highest BCUT2D eigenvalue weighted by molar-refractivity contribution is 9.11. The van der Waals surface area contributed by atoms with Crippen molar-refractivity contribution in [3.8, 4) is 0 Å². The molecule has 0 aromatic rings. The van der Waals surface area contributed by atoms with E-state index in [1.54, 1.807) is 5.57 Å². The number of rotatable bonds is 5. The van der Waals surface area contributed by atoms with Crippen LogP contribution in [0.5, 0.6) is 0 Å². The van der Waals surface area contributed by atoms with E-state index in [1.807, 2.05) is 13.8 Å². The first-order chi connectivity index (χ1) is 9.78. The van der Waals surface area contributed by atoms with Crippen molar-refractivity contribution < 1.29 is 5.11 Å². The Morgan fingerprint density at radius 1 is 1.43 bits per heavy atom. The summed E-state index contributed by atoms with van der Waals surface area (Å²) in [6, 6.07) is 0. The summed E-state index contributed by atoms with van der Waals surface area (Å²) in [5.74, 6) is 2.47. The molecule has 0 aromatic carbocycles. The molecule has 2 aliphatic carbocycles. The molecule has 2 aliphatic rings. The molecule has 2 fully saturated rings.